The summed E-state index contributed by atoms with van der Waals surface area (Å²) in [5.41, 5.74) is 1.37. The van der Waals surface area contributed by atoms with Crippen molar-refractivity contribution in [2.24, 2.45) is 5.92 Å². The number of benzene rings is 1. The van der Waals surface area contributed by atoms with Gasteiger partial charge in [-0.25, -0.2) is 4.68 Å². The summed E-state index contributed by atoms with van der Waals surface area (Å²) in [7, 11) is 0. The second-order valence-electron chi connectivity index (χ2n) is 6.11. The molecule has 1 aromatic carbocycles. The van der Waals surface area contributed by atoms with Crippen LogP contribution in [0.1, 0.15) is 18.4 Å². The third-order valence-electron chi connectivity index (χ3n) is 4.27. The van der Waals surface area contributed by atoms with Gasteiger partial charge < -0.3 is 5.32 Å². The molecule has 1 aromatic heterocycles. The number of nitrogens with one attached hydrogen (secondary N) is 1. The minimum atomic E-state index is -0.00496. The molecule has 1 aliphatic rings. The maximum atomic E-state index is 11.8. The van der Waals surface area contributed by atoms with Crippen molar-refractivity contribution in [3.05, 3.63) is 48.3 Å². The van der Waals surface area contributed by atoms with Gasteiger partial charge in [-0.3, -0.25) is 9.69 Å². The Bertz CT molecular complexity index is 599. The van der Waals surface area contributed by atoms with Gasteiger partial charge in [0.2, 0.25) is 5.91 Å². The van der Waals surface area contributed by atoms with Gasteiger partial charge in [0.25, 0.3) is 0 Å². The van der Waals surface area contributed by atoms with E-state index in [0.717, 1.165) is 32.6 Å². The third-order valence-corrected chi connectivity index (χ3v) is 4.27. The average molecular weight is 313 g/mol. The number of amides is 1. The van der Waals surface area contributed by atoms with Crippen LogP contribution in [-0.4, -0.2) is 45.4 Å². The number of hydrogen-bond donors (Lipinski definition) is 1. The molecule has 6 heteroatoms. The van der Waals surface area contributed by atoms with Gasteiger partial charge >= 0.3 is 0 Å². The molecule has 122 valence electrons. The van der Waals surface area contributed by atoms with Gasteiger partial charge in [0.15, 0.2) is 0 Å². The zero-order valence-electron chi connectivity index (χ0n) is 13.3. The largest absolute Gasteiger partial charge is 0.354 e. The number of carbonyl (C=O) groups excluding carboxylic acids is 1. The van der Waals surface area contributed by atoms with Crippen LogP contribution < -0.4 is 5.32 Å². The van der Waals surface area contributed by atoms with Gasteiger partial charge in [0, 0.05) is 25.8 Å². The molecular formula is C17H23N5O. The number of nitrogens with zero attached hydrogens (tertiary/aromatic N) is 4. The molecule has 0 spiro atoms. The first-order chi connectivity index (χ1) is 11.3. The van der Waals surface area contributed by atoms with E-state index >= 15 is 0 Å². The first-order valence-electron chi connectivity index (χ1n) is 8.16. The molecule has 1 atom stereocenters. The van der Waals surface area contributed by atoms with Crippen molar-refractivity contribution in [3.8, 4) is 0 Å². The smallest absolute Gasteiger partial charge is 0.241 e. The quantitative estimate of drug-likeness (QED) is 0.837. The molecule has 0 aliphatic carbocycles. The molecule has 1 fully saturated rings. The second kappa shape index (κ2) is 7.87. The predicted molar refractivity (Wildman–Crippen MR) is 87.5 cm³/mol. The van der Waals surface area contributed by atoms with E-state index in [-0.39, 0.29) is 12.5 Å². The lowest BCUT2D eigenvalue weighted by Gasteiger charge is -2.16. The Morgan fingerprint density at radius 1 is 1.30 bits per heavy atom. The van der Waals surface area contributed by atoms with Crippen LogP contribution in [0, 0.1) is 5.92 Å². The fourth-order valence-corrected chi connectivity index (χ4v) is 3.07. The van der Waals surface area contributed by atoms with E-state index < -0.39 is 0 Å². The maximum absolute atomic E-state index is 11.8. The van der Waals surface area contributed by atoms with Crippen LogP contribution in [0.4, 0.5) is 0 Å². The van der Waals surface area contributed by atoms with E-state index in [9.17, 15) is 4.79 Å². The molecule has 0 radical (unpaired) electrons. The highest BCUT2D eigenvalue weighted by atomic mass is 16.2. The number of rotatable bonds is 7. The van der Waals surface area contributed by atoms with Crippen LogP contribution in [0.5, 0.6) is 0 Å². The van der Waals surface area contributed by atoms with Gasteiger partial charge in [0.1, 0.15) is 6.54 Å². The fourth-order valence-electron chi connectivity index (χ4n) is 3.07. The van der Waals surface area contributed by atoms with Crippen LogP contribution in [0.15, 0.2) is 42.7 Å². The summed E-state index contributed by atoms with van der Waals surface area (Å²) in [6.45, 7) is 4.26. The molecule has 0 bridgehead atoms. The lowest BCUT2D eigenvalue weighted by Crippen LogP contribution is -2.30. The zero-order chi connectivity index (χ0) is 15.9. The Hall–Kier alpha value is -2.21. The minimum absolute atomic E-state index is 0.00496. The van der Waals surface area contributed by atoms with Crippen molar-refractivity contribution in [2.75, 3.05) is 19.6 Å². The second-order valence-corrected chi connectivity index (χ2v) is 6.11. The fraction of sp³-hybridized carbons (Fsp3) is 0.471. The highest BCUT2D eigenvalue weighted by Gasteiger charge is 2.22. The SMILES string of the molecule is O=C(Cn1ccnn1)NCC[C@H]1CCN(Cc2ccccc2)C1. The van der Waals surface area contributed by atoms with E-state index in [1.165, 1.54) is 16.7 Å². The Balaban J connectivity index is 1.33. The number of likely N-dealkylation sites (tertiary alicyclic amines) is 1. The van der Waals surface area contributed by atoms with Gasteiger partial charge in [-0.2, -0.15) is 0 Å². The van der Waals surface area contributed by atoms with Crippen molar-refractivity contribution >= 4 is 5.91 Å². The Morgan fingerprint density at radius 2 is 2.17 bits per heavy atom. The summed E-state index contributed by atoms with van der Waals surface area (Å²) in [5.74, 6) is 0.667. The van der Waals surface area contributed by atoms with Crippen molar-refractivity contribution < 1.29 is 4.79 Å². The molecule has 1 amide bonds. The summed E-state index contributed by atoms with van der Waals surface area (Å²) < 4.78 is 1.53. The number of aromatic nitrogens is 3. The summed E-state index contributed by atoms with van der Waals surface area (Å²) in [5, 5.41) is 10.4. The highest BCUT2D eigenvalue weighted by Crippen LogP contribution is 2.20. The monoisotopic (exact) mass is 313 g/mol. The molecule has 3 rings (SSSR count). The molecule has 1 N–H and O–H groups in total. The third kappa shape index (κ3) is 4.89. The lowest BCUT2D eigenvalue weighted by atomic mass is 10.1. The van der Waals surface area contributed by atoms with Crippen molar-refractivity contribution in [1.82, 2.24) is 25.2 Å². The average Bonchev–Trinajstić information content (AvgIpc) is 3.21. The van der Waals surface area contributed by atoms with Gasteiger partial charge in [-0.05, 0) is 30.9 Å². The first kappa shape index (κ1) is 15.7. The molecule has 0 unspecified atom stereocenters. The zero-order valence-corrected chi connectivity index (χ0v) is 13.3. The molecule has 6 nitrogen and oxygen atoms in total. The summed E-state index contributed by atoms with van der Waals surface area (Å²) in [6, 6.07) is 10.6. The van der Waals surface area contributed by atoms with Crippen LogP contribution in [0.2, 0.25) is 0 Å². The van der Waals surface area contributed by atoms with Gasteiger partial charge in [0.05, 0.1) is 6.20 Å². The normalized spacial score (nSPS) is 18.2. The van der Waals surface area contributed by atoms with Crippen LogP contribution in [0.25, 0.3) is 0 Å². The summed E-state index contributed by atoms with van der Waals surface area (Å²) in [4.78, 5) is 14.3. The van der Waals surface area contributed by atoms with Crippen molar-refractivity contribution in [3.63, 3.8) is 0 Å². The Kier molecular flexibility index (Phi) is 5.37. The predicted octanol–water partition coefficient (Wildman–Crippen LogP) is 1.31. The topological polar surface area (TPSA) is 63.1 Å². The molecule has 1 aliphatic heterocycles. The van der Waals surface area contributed by atoms with Crippen molar-refractivity contribution in [1.29, 1.82) is 0 Å². The van der Waals surface area contributed by atoms with E-state index in [4.69, 9.17) is 0 Å². The summed E-state index contributed by atoms with van der Waals surface area (Å²) in [6.07, 6.45) is 5.52. The standard InChI is InChI=1S/C17H23N5O/c23-17(14-22-11-9-19-20-22)18-8-6-16-7-10-21(13-16)12-15-4-2-1-3-5-15/h1-5,9,11,16H,6-8,10,12-14H2,(H,18,23)/t16-/m0/s1. The first-order valence-corrected chi connectivity index (χ1v) is 8.16. The maximum Gasteiger partial charge on any atom is 0.241 e. The number of hydrogen-bond acceptors (Lipinski definition) is 4. The number of carbonyl (C=O) groups is 1. The van der Waals surface area contributed by atoms with Crippen LogP contribution in [-0.2, 0) is 17.9 Å². The highest BCUT2D eigenvalue weighted by molar-refractivity contribution is 5.75. The van der Waals surface area contributed by atoms with Gasteiger partial charge in [-0.15, -0.1) is 5.10 Å². The van der Waals surface area contributed by atoms with Crippen LogP contribution >= 0.6 is 0 Å². The molecule has 0 saturated carbocycles. The molecule has 1 saturated heterocycles. The van der Waals surface area contributed by atoms with E-state index in [2.05, 4.69) is 50.9 Å². The molecular weight excluding hydrogens is 290 g/mol. The van der Waals surface area contributed by atoms with E-state index in [1.54, 1.807) is 12.4 Å². The van der Waals surface area contributed by atoms with Crippen molar-refractivity contribution in [2.45, 2.75) is 25.9 Å². The minimum Gasteiger partial charge on any atom is -0.354 e. The van der Waals surface area contributed by atoms with Gasteiger partial charge in [-0.1, -0.05) is 35.5 Å². The Labute approximate surface area is 136 Å². The molecule has 2 aromatic rings. The lowest BCUT2D eigenvalue weighted by molar-refractivity contribution is -0.121. The van der Waals surface area contributed by atoms with E-state index in [0.29, 0.717) is 5.92 Å². The van der Waals surface area contributed by atoms with E-state index in [1.807, 2.05) is 0 Å². The van der Waals surface area contributed by atoms with Crippen LogP contribution in [0.3, 0.4) is 0 Å². The Morgan fingerprint density at radius 3 is 2.96 bits per heavy atom. The molecule has 23 heavy (non-hydrogen) atoms. The summed E-state index contributed by atoms with van der Waals surface area (Å²) >= 11 is 0. The molecule has 2 heterocycles.